The Kier molecular flexibility index (Phi) is 5.36. The zero-order valence-corrected chi connectivity index (χ0v) is 18.0. The summed E-state index contributed by atoms with van der Waals surface area (Å²) in [6.45, 7) is 1.32. The summed E-state index contributed by atoms with van der Waals surface area (Å²) in [7, 11) is 5.86. The number of nitrogens with zero attached hydrogens (tertiary/aromatic N) is 2. The van der Waals surface area contributed by atoms with Crippen molar-refractivity contribution >= 4 is 6.03 Å². The predicted molar refractivity (Wildman–Crippen MR) is 117 cm³/mol. The quantitative estimate of drug-likeness (QED) is 0.790. The molecule has 1 saturated heterocycles. The Labute approximate surface area is 178 Å². The molecule has 0 aromatic heterocycles. The molecule has 0 unspecified atom stereocenters. The standard InChI is InChI=1S/C24H31N3O3/c1-26(2)24(19-5-4-6-20(28)15-19)13-11-23(12-14-24)17-27(22(29)25-23)16-18-7-9-21(30-3)10-8-18/h4-10,15,28H,11-14,16-17H2,1-3H3,(H,25,29). The lowest BCUT2D eigenvalue weighted by Crippen LogP contribution is -2.54. The Hall–Kier alpha value is -2.73. The number of rotatable bonds is 5. The monoisotopic (exact) mass is 409 g/mol. The van der Waals surface area contributed by atoms with Crippen LogP contribution in [0.5, 0.6) is 11.5 Å². The highest BCUT2D eigenvalue weighted by atomic mass is 16.5. The van der Waals surface area contributed by atoms with Gasteiger partial charge in [-0.05, 0) is 75.2 Å². The van der Waals surface area contributed by atoms with Gasteiger partial charge in [0.1, 0.15) is 11.5 Å². The second kappa shape index (κ2) is 7.84. The molecule has 1 heterocycles. The van der Waals surface area contributed by atoms with Gasteiger partial charge in [0.15, 0.2) is 0 Å². The van der Waals surface area contributed by atoms with E-state index in [4.69, 9.17) is 4.74 Å². The topological polar surface area (TPSA) is 65.0 Å². The first kappa shape index (κ1) is 20.5. The predicted octanol–water partition coefficient (Wildman–Crippen LogP) is 3.70. The van der Waals surface area contributed by atoms with Crippen molar-refractivity contribution in [2.24, 2.45) is 0 Å². The molecule has 1 spiro atoms. The lowest BCUT2D eigenvalue weighted by atomic mass is 9.69. The second-order valence-electron chi connectivity index (χ2n) is 8.89. The van der Waals surface area contributed by atoms with Crippen LogP contribution in [0.25, 0.3) is 0 Å². The lowest BCUT2D eigenvalue weighted by Gasteiger charge is -2.48. The van der Waals surface area contributed by atoms with Gasteiger partial charge in [-0.15, -0.1) is 0 Å². The van der Waals surface area contributed by atoms with Crippen LogP contribution in [0.15, 0.2) is 48.5 Å². The molecule has 2 amide bonds. The fourth-order valence-electron chi connectivity index (χ4n) is 5.08. The highest BCUT2D eigenvalue weighted by molar-refractivity contribution is 5.78. The second-order valence-corrected chi connectivity index (χ2v) is 8.89. The van der Waals surface area contributed by atoms with Gasteiger partial charge in [0.05, 0.1) is 12.6 Å². The lowest BCUT2D eigenvalue weighted by molar-refractivity contribution is 0.0616. The minimum Gasteiger partial charge on any atom is -0.508 e. The zero-order chi connectivity index (χ0) is 21.4. The van der Waals surface area contributed by atoms with Crippen LogP contribution < -0.4 is 10.1 Å². The largest absolute Gasteiger partial charge is 0.508 e. The number of carbonyl (C=O) groups excluding carboxylic acids is 1. The van der Waals surface area contributed by atoms with E-state index >= 15 is 0 Å². The van der Waals surface area contributed by atoms with Crippen LogP contribution in [0, 0.1) is 0 Å². The molecule has 0 radical (unpaired) electrons. The highest BCUT2D eigenvalue weighted by Gasteiger charge is 2.50. The Morgan fingerprint density at radius 3 is 2.40 bits per heavy atom. The van der Waals surface area contributed by atoms with Crippen LogP contribution in [0.3, 0.4) is 0 Å². The molecule has 1 aliphatic carbocycles. The van der Waals surface area contributed by atoms with E-state index < -0.39 is 0 Å². The number of amides is 2. The Morgan fingerprint density at radius 2 is 1.80 bits per heavy atom. The zero-order valence-electron chi connectivity index (χ0n) is 18.0. The summed E-state index contributed by atoms with van der Waals surface area (Å²) in [5.74, 6) is 1.12. The van der Waals surface area contributed by atoms with Gasteiger partial charge in [-0.2, -0.15) is 0 Å². The van der Waals surface area contributed by atoms with Crippen molar-refractivity contribution in [3.63, 3.8) is 0 Å². The van der Waals surface area contributed by atoms with Crippen LogP contribution in [0.1, 0.15) is 36.8 Å². The summed E-state index contributed by atoms with van der Waals surface area (Å²) >= 11 is 0. The molecule has 160 valence electrons. The molecule has 1 saturated carbocycles. The molecule has 0 bridgehead atoms. The maximum Gasteiger partial charge on any atom is 0.318 e. The molecule has 2 fully saturated rings. The number of benzene rings is 2. The van der Waals surface area contributed by atoms with E-state index in [0.29, 0.717) is 12.3 Å². The van der Waals surface area contributed by atoms with Gasteiger partial charge in [-0.3, -0.25) is 4.90 Å². The van der Waals surface area contributed by atoms with Crippen LogP contribution in [0.4, 0.5) is 4.79 Å². The van der Waals surface area contributed by atoms with Gasteiger partial charge in [0.25, 0.3) is 0 Å². The molecular weight excluding hydrogens is 378 g/mol. The fourth-order valence-corrected chi connectivity index (χ4v) is 5.08. The van der Waals surface area contributed by atoms with Crippen LogP contribution >= 0.6 is 0 Å². The van der Waals surface area contributed by atoms with Crippen LogP contribution in [-0.2, 0) is 12.1 Å². The van der Waals surface area contributed by atoms with E-state index in [-0.39, 0.29) is 17.1 Å². The molecule has 2 aromatic carbocycles. The molecule has 4 rings (SSSR count). The smallest absolute Gasteiger partial charge is 0.318 e. The summed E-state index contributed by atoms with van der Waals surface area (Å²) in [4.78, 5) is 16.9. The fraction of sp³-hybridized carbons (Fsp3) is 0.458. The molecular formula is C24H31N3O3. The first-order valence-electron chi connectivity index (χ1n) is 10.5. The Balaban J connectivity index is 1.47. The number of aromatic hydroxyl groups is 1. The minimum atomic E-state index is -0.181. The number of nitrogens with one attached hydrogen (secondary N) is 1. The Bertz CT molecular complexity index is 902. The average Bonchev–Trinajstić information content (AvgIpc) is 3.04. The van der Waals surface area contributed by atoms with Crippen molar-refractivity contribution in [2.45, 2.75) is 43.3 Å². The molecule has 2 aliphatic rings. The Morgan fingerprint density at radius 1 is 1.10 bits per heavy atom. The van der Waals surface area contributed by atoms with Gasteiger partial charge in [-0.25, -0.2) is 4.79 Å². The number of hydrogen-bond donors (Lipinski definition) is 2. The van der Waals surface area contributed by atoms with Gasteiger partial charge in [0.2, 0.25) is 0 Å². The SMILES string of the molecule is COc1ccc(CN2CC3(CCC(c4cccc(O)c4)(N(C)C)CC3)NC2=O)cc1. The van der Waals surface area contributed by atoms with Gasteiger partial charge < -0.3 is 20.1 Å². The third-order valence-electron chi connectivity index (χ3n) is 6.96. The number of ether oxygens (including phenoxy) is 1. The molecule has 1 aliphatic heterocycles. The van der Waals surface area contributed by atoms with Crippen molar-refractivity contribution in [2.75, 3.05) is 27.7 Å². The van der Waals surface area contributed by atoms with Crippen molar-refractivity contribution in [1.29, 1.82) is 0 Å². The maximum atomic E-state index is 12.7. The average molecular weight is 410 g/mol. The van der Waals surface area contributed by atoms with Crippen molar-refractivity contribution in [1.82, 2.24) is 15.1 Å². The summed E-state index contributed by atoms with van der Waals surface area (Å²) in [5, 5.41) is 13.3. The summed E-state index contributed by atoms with van der Waals surface area (Å²) in [5.41, 5.74) is 1.93. The number of urea groups is 1. The van der Waals surface area contributed by atoms with Gasteiger partial charge >= 0.3 is 6.03 Å². The van der Waals surface area contributed by atoms with E-state index in [1.54, 1.807) is 13.2 Å². The summed E-state index contributed by atoms with van der Waals surface area (Å²) in [6, 6.07) is 15.5. The summed E-state index contributed by atoms with van der Waals surface area (Å²) < 4.78 is 5.22. The highest BCUT2D eigenvalue weighted by Crippen LogP contribution is 2.46. The number of hydrogen-bond acceptors (Lipinski definition) is 4. The number of phenols is 1. The third kappa shape index (κ3) is 3.72. The number of methoxy groups -OCH3 is 1. The van der Waals surface area contributed by atoms with Crippen molar-refractivity contribution in [3.8, 4) is 11.5 Å². The van der Waals surface area contributed by atoms with E-state index in [1.165, 1.54) is 0 Å². The number of phenolic OH excluding ortho intramolecular Hbond substituents is 1. The van der Waals surface area contributed by atoms with Gasteiger partial charge in [0, 0.05) is 18.6 Å². The van der Waals surface area contributed by atoms with E-state index in [2.05, 4.69) is 30.4 Å². The molecule has 2 aromatic rings. The van der Waals surface area contributed by atoms with Gasteiger partial charge in [-0.1, -0.05) is 24.3 Å². The van der Waals surface area contributed by atoms with E-state index in [1.807, 2.05) is 41.3 Å². The van der Waals surface area contributed by atoms with E-state index in [0.717, 1.165) is 49.1 Å². The first-order valence-corrected chi connectivity index (χ1v) is 10.5. The van der Waals surface area contributed by atoms with E-state index in [9.17, 15) is 9.90 Å². The van der Waals surface area contributed by atoms with Crippen LogP contribution in [0.2, 0.25) is 0 Å². The molecule has 2 N–H and O–H groups in total. The normalized spacial score (nSPS) is 26.3. The molecule has 30 heavy (non-hydrogen) atoms. The molecule has 6 heteroatoms. The third-order valence-corrected chi connectivity index (χ3v) is 6.96. The minimum absolute atomic E-state index is 0.0144. The number of carbonyl (C=O) groups is 1. The van der Waals surface area contributed by atoms with Crippen molar-refractivity contribution < 1.29 is 14.6 Å². The molecule has 0 atom stereocenters. The first-order chi connectivity index (χ1) is 14.4. The summed E-state index contributed by atoms with van der Waals surface area (Å²) in [6.07, 6.45) is 3.68. The molecule has 6 nitrogen and oxygen atoms in total. The van der Waals surface area contributed by atoms with Crippen molar-refractivity contribution in [3.05, 3.63) is 59.7 Å². The maximum absolute atomic E-state index is 12.7. The van der Waals surface area contributed by atoms with Crippen LogP contribution in [-0.4, -0.2) is 54.2 Å².